The molecule has 0 aliphatic rings. The number of hydrogen-bond acceptors (Lipinski definition) is 4. The van der Waals surface area contributed by atoms with Crippen LogP contribution < -0.4 is 11.1 Å². The van der Waals surface area contributed by atoms with Crippen molar-refractivity contribution in [2.75, 3.05) is 6.54 Å². The Morgan fingerprint density at radius 3 is 2.17 bits per heavy atom. The molecule has 0 heterocycles. The molecular weight excluding hydrogens is 318 g/mol. The monoisotopic (exact) mass is 344 g/mol. The van der Waals surface area contributed by atoms with Crippen LogP contribution in [0.2, 0.25) is 0 Å². The normalized spacial score (nSPS) is 16.5. The van der Waals surface area contributed by atoms with Crippen LogP contribution in [0, 0.1) is 23.5 Å². The van der Waals surface area contributed by atoms with Crippen LogP contribution in [0.4, 0.5) is 8.78 Å². The number of aliphatic hydroxyl groups is 2. The van der Waals surface area contributed by atoms with Crippen molar-refractivity contribution in [1.29, 1.82) is 0 Å². The van der Waals surface area contributed by atoms with E-state index in [0.29, 0.717) is 6.54 Å². The van der Waals surface area contributed by atoms with Crippen LogP contribution in [0.25, 0.3) is 0 Å². The van der Waals surface area contributed by atoms with Gasteiger partial charge in [0.1, 0.15) is 11.6 Å². The van der Waals surface area contributed by atoms with Crippen molar-refractivity contribution in [3.63, 3.8) is 0 Å². The third-order valence-corrected chi connectivity index (χ3v) is 3.79. The van der Waals surface area contributed by atoms with E-state index < -0.39 is 35.8 Å². The molecule has 4 atom stereocenters. The lowest BCUT2D eigenvalue weighted by atomic mass is 9.91. The second-order valence-electron chi connectivity index (χ2n) is 6.55. The van der Waals surface area contributed by atoms with Gasteiger partial charge in [-0.1, -0.05) is 20.8 Å². The maximum absolute atomic E-state index is 13.2. The number of benzene rings is 1. The van der Waals surface area contributed by atoms with Crippen molar-refractivity contribution in [3.05, 3.63) is 35.4 Å². The number of carbonyl (C=O) groups excluding carboxylic acids is 1. The smallest absolute Gasteiger partial charge is 0.225 e. The molecule has 0 bridgehead atoms. The number of hydrogen-bond donors (Lipinski definition) is 4. The average molecular weight is 344 g/mol. The van der Waals surface area contributed by atoms with Crippen LogP contribution in [0.1, 0.15) is 26.3 Å². The molecule has 7 heteroatoms. The fraction of sp³-hybridized carbons (Fsp3) is 0.588. The Morgan fingerprint density at radius 2 is 1.67 bits per heavy atom. The Kier molecular flexibility index (Phi) is 7.72. The first kappa shape index (κ1) is 20.5. The van der Waals surface area contributed by atoms with Crippen LogP contribution in [0.5, 0.6) is 0 Å². The van der Waals surface area contributed by atoms with Gasteiger partial charge in [0.25, 0.3) is 0 Å². The van der Waals surface area contributed by atoms with E-state index in [1.165, 1.54) is 6.92 Å². The third-order valence-electron chi connectivity index (χ3n) is 3.79. The summed E-state index contributed by atoms with van der Waals surface area (Å²) in [4.78, 5) is 11.9. The zero-order chi connectivity index (χ0) is 18.4. The Morgan fingerprint density at radius 1 is 1.12 bits per heavy atom. The van der Waals surface area contributed by atoms with Crippen LogP contribution in [-0.2, 0) is 11.2 Å². The minimum atomic E-state index is -1.41. The minimum Gasteiger partial charge on any atom is -0.390 e. The summed E-state index contributed by atoms with van der Waals surface area (Å²) in [7, 11) is 0. The third kappa shape index (κ3) is 6.14. The Hall–Kier alpha value is -1.57. The molecule has 0 saturated heterocycles. The first-order chi connectivity index (χ1) is 11.1. The van der Waals surface area contributed by atoms with Gasteiger partial charge in [0, 0.05) is 18.7 Å². The SMILES string of the molecule is CC(C)CNC(=O)[C@H](C)[C@@H](O)[C@H](O)[C@@H](N)Cc1cc(F)cc(F)c1. The van der Waals surface area contributed by atoms with E-state index in [2.05, 4.69) is 5.32 Å². The van der Waals surface area contributed by atoms with E-state index >= 15 is 0 Å². The summed E-state index contributed by atoms with van der Waals surface area (Å²) >= 11 is 0. The Bertz CT molecular complexity index is 534. The molecule has 24 heavy (non-hydrogen) atoms. The molecule has 1 aromatic rings. The van der Waals surface area contributed by atoms with Crippen molar-refractivity contribution in [2.24, 2.45) is 17.6 Å². The zero-order valence-electron chi connectivity index (χ0n) is 14.2. The van der Waals surface area contributed by atoms with E-state index in [0.717, 1.165) is 18.2 Å². The van der Waals surface area contributed by atoms with Gasteiger partial charge in [-0.15, -0.1) is 0 Å². The predicted molar refractivity (Wildman–Crippen MR) is 87.1 cm³/mol. The second-order valence-corrected chi connectivity index (χ2v) is 6.55. The summed E-state index contributed by atoms with van der Waals surface area (Å²) in [6, 6.07) is 1.99. The van der Waals surface area contributed by atoms with Crippen LogP contribution in [0.3, 0.4) is 0 Å². The van der Waals surface area contributed by atoms with Gasteiger partial charge in [-0.3, -0.25) is 4.79 Å². The molecule has 5 N–H and O–H groups in total. The molecule has 0 radical (unpaired) electrons. The van der Waals surface area contributed by atoms with Gasteiger partial charge in [0.05, 0.1) is 18.1 Å². The van der Waals surface area contributed by atoms with Gasteiger partial charge in [0.15, 0.2) is 0 Å². The highest BCUT2D eigenvalue weighted by atomic mass is 19.1. The standard InChI is InChI=1S/C17H26F2N2O3/c1-9(2)8-21-17(24)10(3)15(22)16(23)14(20)6-11-4-12(18)7-13(19)5-11/h4-5,7,9-10,14-16,22-23H,6,8,20H2,1-3H3,(H,21,24)/t10-,14+,15-,16-/m1/s1. The van der Waals surface area contributed by atoms with Crippen LogP contribution >= 0.6 is 0 Å². The quantitative estimate of drug-likeness (QED) is 0.565. The lowest BCUT2D eigenvalue weighted by Crippen LogP contribution is -2.50. The minimum absolute atomic E-state index is 0.0345. The lowest BCUT2D eigenvalue weighted by molar-refractivity contribution is -0.131. The molecular formula is C17H26F2N2O3. The zero-order valence-corrected chi connectivity index (χ0v) is 14.2. The topological polar surface area (TPSA) is 95.6 Å². The fourth-order valence-corrected chi connectivity index (χ4v) is 2.29. The molecule has 0 aromatic heterocycles. The fourth-order valence-electron chi connectivity index (χ4n) is 2.29. The van der Waals surface area contributed by atoms with Gasteiger partial charge in [-0.2, -0.15) is 0 Å². The van der Waals surface area contributed by atoms with Crippen LogP contribution in [0.15, 0.2) is 18.2 Å². The summed E-state index contributed by atoms with van der Waals surface area (Å²) in [5.41, 5.74) is 6.09. The van der Waals surface area contributed by atoms with Crippen molar-refractivity contribution in [3.8, 4) is 0 Å². The number of nitrogens with two attached hydrogens (primary N) is 1. The highest BCUT2D eigenvalue weighted by Crippen LogP contribution is 2.15. The highest BCUT2D eigenvalue weighted by molar-refractivity contribution is 5.78. The first-order valence-corrected chi connectivity index (χ1v) is 7.96. The molecule has 1 aromatic carbocycles. The van der Waals surface area contributed by atoms with Gasteiger partial charge in [0.2, 0.25) is 5.91 Å². The number of rotatable bonds is 8. The second kappa shape index (κ2) is 9.05. The average Bonchev–Trinajstić information content (AvgIpc) is 2.49. The summed E-state index contributed by atoms with van der Waals surface area (Å²) < 4.78 is 26.4. The molecule has 0 saturated carbocycles. The maximum atomic E-state index is 13.2. The lowest BCUT2D eigenvalue weighted by Gasteiger charge is -2.27. The number of nitrogens with one attached hydrogen (secondary N) is 1. The molecule has 5 nitrogen and oxygen atoms in total. The van der Waals surface area contributed by atoms with Gasteiger partial charge in [-0.25, -0.2) is 8.78 Å². The maximum Gasteiger partial charge on any atom is 0.225 e. The number of aliphatic hydroxyl groups excluding tert-OH is 2. The molecule has 0 aliphatic carbocycles. The largest absolute Gasteiger partial charge is 0.390 e. The van der Waals surface area contributed by atoms with E-state index in [1.807, 2.05) is 13.8 Å². The number of amides is 1. The van der Waals surface area contributed by atoms with Crippen molar-refractivity contribution in [1.82, 2.24) is 5.32 Å². The Labute approximate surface area is 140 Å². The molecule has 0 fully saturated rings. The van der Waals surface area contributed by atoms with E-state index in [4.69, 9.17) is 5.73 Å². The number of halogens is 2. The summed E-state index contributed by atoms with van der Waals surface area (Å²) in [5.74, 6) is -2.48. The molecule has 0 unspecified atom stereocenters. The van der Waals surface area contributed by atoms with Crippen molar-refractivity contribution < 1.29 is 23.8 Å². The van der Waals surface area contributed by atoms with Crippen molar-refractivity contribution >= 4 is 5.91 Å². The van der Waals surface area contributed by atoms with E-state index in [-0.39, 0.29) is 23.8 Å². The molecule has 0 spiro atoms. The summed E-state index contributed by atoms with van der Waals surface area (Å²) in [6.07, 6.45) is -2.82. The first-order valence-electron chi connectivity index (χ1n) is 7.96. The van der Waals surface area contributed by atoms with Gasteiger partial charge < -0.3 is 21.3 Å². The van der Waals surface area contributed by atoms with Crippen molar-refractivity contribution in [2.45, 2.75) is 45.4 Å². The predicted octanol–water partition coefficient (Wildman–Crippen LogP) is 0.965. The Balaban J connectivity index is 2.66. The summed E-state index contributed by atoms with van der Waals surface area (Å²) in [5, 5.41) is 23.0. The van der Waals surface area contributed by atoms with Gasteiger partial charge in [-0.05, 0) is 30.0 Å². The molecule has 0 aliphatic heterocycles. The van der Waals surface area contributed by atoms with E-state index in [9.17, 15) is 23.8 Å². The van der Waals surface area contributed by atoms with E-state index in [1.54, 1.807) is 0 Å². The van der Waals surface area contributed by atoms with Crippen LogP contribution in [-0.4, -0.2) is 40.9 Å². The molecule has 136 valence electrons. The number of carbonyl (C=O) groups is 1. The molecule has 1 rings (SSSR count). The summed E-state index contributed by atoms with van der Waals surface area (Å²) in [6.45, 7) is 5.81. The van der Waals surface area contributed by atoms with Gasteiger partial charge >= 0.3 is 0 Å². The molecule has 1 amide bonds. The highest BCUT2D eigenvalue weighted by Gasteiger charge is 2.32.